The Morgan fingerprint density at radius 2 is 2.00 bits per heavy atom. The third-order valence-electron chi connectivity index (χ3n) is 2.64. The van der Waals surface area contributed by atoms with Crippen molar-refractivity contribution in [2.45, 2.75) is 26.7 Å². The molecular formula is C13H17NO3. The second-order valence-corrected chi connectivity index (χ2v) is 4.43. The van der Waals surface area contributed by atoms with Crippen LogP contribution in [0.4, 0.5) is 5.69 Å². The molecule has 0 atom stereocenters. The van der Waals surface area contributed by atoms with Gasteiger partial charge in [-0.25, -0.2) is 0 Å². The van der Waals surface area contributed by atoms with E-state index >= 15 is 0 Å². The Labute approximate surface area is 101 Å². The maximum atomic E-state index is 11.2. The van der Waals surface area contributed by atoms with Crippen LogP contribution in [0.25, 0.3) is 0 Å². The van der Waals surface area contributed by atoms with E-state index < -0.39 is 0 Å². The largest absolute Gasteiger partial charge is 0.486 e. The standard InChI is InChI=1S/C13H17NO3/c1-8(2)10-6-11(14-9(3)15)13-12(7-10)16-4-5-17-13/h6-8H,4-5H2,1-3H3,(H,14,15). The first-order valence-electron chi connectivity index (χ1n) is 5.79. The first-order valence-corrected chi connectivity index (χ1v) is 5.79. The molecule has 1 N–H and O–H groups in total. The van der Waals surface area contributed by atoms with E-state index in [2.05, 4.69) is 19.2 Å². The second-order valence-electron chi connectivity index (χ2n) is 4.43. The van der Waals surface area contributed by atoms with Crippen molar-refractivity contribution in [3.8, 4) is 11.5 Å². The molecule has 0 unspecified atom stereocenters. The van der Waals surface area contributed by atoms with Gasteiger partial charge in [0.05, 0.1) is 5.69 Å². The van der Waals surface area contributed by atoms with Crippen LogP contribution in [0.15, 0.2) is 12.1 Å². The number of anilines is 1. The highest BCUT2D eigenvalue weighted by Crippen LogP contribution is 2.40. The topological polar surface area (TPSA) is 47.6 Å². The molecule has 17 heavy (non-hydrogen) atoms. The third kappa shape index (κ3) is 2.52. The summed E-state index contributed by atoms with van der Waals surface area (Å²) in [4.78, 5) is 11.2. The van der Waals surface area contributed by atoms with Crippen molar-refractivity contribution in [2.24, 2.45) is 0 Å². The van der Waals surface area contributed by atoms with Gasteiger partial charge in [0.1, 0.15) is 13.2 Å². The molecule has 4 nitrogen and oxygen atoms in total. The minimum absolute atomic E-state index is 0.109. The minimum atomic E-state index is -0.109. The normalized spacial score (nSPS) is 13.6. The molecule has 4 heteroatoms. The molecule has 0 aliphatic carbocycles. The summed E-state index contributed by atoms with van der Waals surface area (Å²) in [5, 5.41) is 2.78. The van der Waals surface area contributed by atoms with Crippen LogP contribution in [0.3, 0.4) is 0 Å². The lowest BCUT2D eigenvalue weighted by atomic mass is 10.0. The van der Waals surface area contributed by atoms with Crippen molar-refractivity contribution < 1.29 is 14.3 Å². The smallest absolute Gasteiger partial charge is 0.221 e. The van der Waals surface area contributed by atoms with Gasteiger partial charge in [0, 0.05) is 6.92 Å². The van der Waals surface area contributed by atoms with Crippen LogP contribution >= 0.6 is 0 Å². The van der Waals surface area contributed by atoms with Crippen molar-refractivity contribution in [2.75, 3.05) is 18.5 Å². The molecular weight excluding hydrogens is 218 g/mol. The summed E-state index contributed by atoms with van der Waals surface area (Å²) >= 11 is 0. The Hall–Kier alpha value is -1.71. The van der Waals surface area contributed by atoms with E-state index in [0.717, 1.165) is 5.56 Å². The monoisotopic (exact) mass is 235 g/mol. The highest BCUT2D eigenvalue weighted by Gasteiger charge is 2.19. The van der Waals surface area contributed by atoms with Crippen LogP contribution in [0, 0.1) is 0 Å². The Morgan fingerprint density at radius 1 is 1.29 bits per heavy atom. The van der Waals surface area contributed by atoms with E-state index in [1.54, 1.807) is 0 Å². The molecule has 1 amide bonds. The molecule has 1 aliphatic heterocycles. The van der Waals surface area contributed by atoms with Gasteiger partial charge in [-0.15, -0.1) is 0 Å². The van der Waals surface area contributed by atoms with Crippen LogP contribution in [-0.4, -0.2) is 19.1 Å². The number of nitrogens with one attached hydrogen (secondary N) is 1. The van der Waals surface area contributed by atoms with Gasteiger partial charge in [0.15, 0.2) is 11.5 Å². The number of hydrogen-bond donors (Lipinski definition) is 1. The van der Waals surface area contributed by atoms with E-state index in [1.807, 2.05) is 12.1 Å². The summed E-state index contributed by atoms with van der Waals surface area (Å²) in [6, 6.07) is 3.92. The summed E-state index contributed by atoms with van der Waals surface area (Å²) < 4.78 is 11.1. The number of hydrogen-bond acceptors (Lipinski definition) is 3. The predicted octanol–water partition coefficient (Wildman–Crippen LogP) is 2.54. The summed E-state index contributed by atoms with van der Waals surface area (Å²) in [5.74, 6) is 1.61. The number of ether oxygens (including phenoxy) is 2. The van der Waals surface area contributed by atoms with E-state index in [1.165, 1.54) is 6.92 Å². The average molecular weight is 235 g/mol. The number of carbonyl (C=O) groups excluding carboxylic acids is 1. The van der Waals surface area contributed by atoms with E-state index in [9.17, 15) is 4.79 Å². The van der Waals surface area contributed by atoms with Gasteiger partial charge in [-0.1, -0.05) is 13.8 Å². The lowest BCUT2D eigenvalue weighted by Crippen LogP contribution is -2.18. The zero-order chi connectivity index (χ0) is 12.4. The van der Waals surface area contributed by atoms with Gasteiger partial charge in [-0.3, -0.25) is 4.79 Å². The van der Waals surface area contributed by atoms with Gasteiger partial charge in [0.25, 0.3) is 0 Å². The van der Waals surface area contributed by atoms with Crippen LogP contribution < -0.4 is 14.8 Å². The number of fused-ring (bicyclic) bond motifs is 1. The molecule has 2 rings (SSSR count). The molecule has 0 radical (unpaired) electrons. The second kappa shape index (κ2) is 4.65. The fraction of sp³-hybridized carbons (Fsp3) is 0.462. The molecule has 1 aliphatic rings. The van der Waals surface area contributed by atoms with Crippen LogP contribution in [-0.2, 0) is 4.79 Å². The predicted molar refractivity (Wildman–Crippen MR) is 65.8 cm³/mol. The third-order valence-corrected chi connectivity index (χ3v) is 2.64. The molecule has 0 saturated heterocycles. The SMILES string of the molecule is CC(=O)Nc1cc(C(C)C)cc2c1OCCO2. The molecule has 1 aromatic rings. The van der Waals surface area contributed by atoms with E-state index in [4.69, 9.17) is 9.47 Å². The summed E-state index contributed by atoms with van der Waals surface area (Å²) in [7, 11) is 0. The number of rotatable bonds is 2. The molecule has 0 spiro atoms. The van der Waals surface area contributed by atoms with Crippen LogP contribution in [0.1, 0.15) is 32.3 Å². The zero-order valence-electron chi connectivity index (χ0n) is 10.4. The van der Waals surface area contributed by atoms with E-state index in [0.29, 0.717) is 36.3 Å². The number of benzene rings is 1. The Morgan fingerprint density at radius 3 is 2.65 bits per heavy atom. The summed E-state index contributed by atoms with van der Waals surface area (Å²) in [6.07, 6.45) is 0. The van der Waals surface area contributed by atoms with E-state index in [-0.39, 0.29) is 5.91 Å². The van der Waals surface area contributed by atoms with Gasteiger partial charge >= 0.3 is 0 Å². The molecule has 92 valence electrons. The fourth-order valence-electron chi connectivity index (χ4n) is 1.79. The molecule has 1 aromatic carbocycles. The van der Waals surface area contributed by atoms with Crippen molar-refractivity contribution in [1.29, 1.82) is 0 Å². The molecule has 1 heterocycles. The average Bonchev–Trinajstić information content (AvgIpc) is 2.28. The number of carbonyl (C=O) groups is 1. The lowest BCUT2D eigenvalue weighted by molar-refractivity contribution is -0.114. The highest BCUT2D eigenvalue weighted by molar-refractivity contribution is 5.91. The van der Waals surface area contributed by atoms with Gasteiger partial charge in [-0.2, -0.15) is 0 Å². The first-order chi connectivity index (χ1) is 8.08. The van der Waals surface area contributed by atoms with Crippen molar-refractivity contribution >= 4 is 11.6 Å². The Kier molecular flexibility index (Phi) is 3.22. The van der Waals surface area contributed by atoms with Crippen molar-refractivity contribution in [3.63, 3.8) is 0 Å². The molecule has 0 aromatic heterocycles. The summed E-state index contributed by atoms with van der Waals surface area (Å²) in [6.45, 7) is 6.75. The van der Waals surface area contributed by atoms with Gasteiger partial charge < -0.3 is 14.8 Å². The summed E-state index contributed by atoms with van der Waals surface area (Å²) in [5.41, 5.74) is 1.82. The minimum Gasteiger partial charge on any atom is -0.486 e. The number of amides is 1. The zero-order valence-corrected chi connectivity index (χ0v) is 10.4. The van der Waals surface area contributed by atoms with Gasteiger partial charge in [0.2, 0.25) is 5.91 Å². The molecule has 0 fully saturated rings. The first kappa shape index (κ1) is 11.8. The van der Waals surface area contributed by atoms with Gasteiger partial charge in [-0.05, 0) is 23.6 Å². The quantitative estimate of drug-likeness (QED) is 0.856. The highest BCUT2D eigenvalue weighted by atomic mass is 16.6. The lowest BCUT2D eigenvalue weighted by Gasteiger charge is -2.23. The fourth-order valence-corrected chi connectivity index (χ4v) is 1.79. The molecule has 0 bridgehead atoms. The van der Waals surface area contributed by atoms with Crippen LogP contribution in [0.5, 0.6) is 11.5 Å². The Balaban J connectivity index is 2.46. The maximum Gasteiger partial charge on any atom is 0.221 e. The molecule has 0 saturated carbocycles. The Bertz CT molecular complexity index is 441. The van der Waals surface area contributed by atoms with Crippen molar-refractivity contribution in [1.82, 2.24) is 0 Å². The maximum absolute atomic E-state index is 11.2. The van der Waals surface area contributed by atoms with Crippen LogP contribution in [0.2, 0.25) is 0 Å². The van der Waals surface area contributed by atoms with Crippen molar-refractivity contribution in [3.05, 3.63) is 17.7 Å².